The Labute approximate surface area is 187 Å². The van der Waals surface area contributed by atoms with E-state index >= 15 is 0 Å². The molecule has 0 atom stereocenters. The molecule has 0 saturated carbocycles. The number of carbonyl (C=O) groups excluding carboxylic acids is 1. The van der Waals surface area contributed by atoms with Gasteiger partial charge in [0.2, 0.25) is 5.88 Å². The topological polar surface area (TPSA) is 60.9 Å². The number of hydrogen-bond acceptors (Lipinski definition) is 6. The maximum Gasteiger partial charge on any atom is 0.302 e. The first-order valence-electron chi connectivity index (χ1n) is 10.9. The number of piperidine rings is 1. The van der Waals surface area contributed by atoms with Gasteiger partial charge >= 0.3 is 5.97 Å². The van der Waals surface area contributed by atoms with Gasteiger partial charge in [0.05, 0.1) is 18.9 Å². The Morgan fingerprint density at radius 1 is 1.12 bits per heavy atom. The molecule has 0 bridgehead atoms. The molecule has 1 aliphatic heterocycles. The minimum absolute atomic E-state index is 0.000781. The van der Waals surface area contributed by atoms with E-state index in [0.29, 0.717) is 56.0 Å². The number of esters is 1. The fourth-order valence-corrected chi connectivity index (χ4v) is 3.87. The zero-order valence-corrected chi connectivity index (χ0v) is 18.6. The Morgan fingerprint density at radius 3 is 2.50 bits per heavy atom. The first kappa shape index (κ1) is 23.9. The van der Waals surface area contributed by atoms with Crippen LogP contribution in [-0.2, 0) is 14.3 Å². The first-order valence-corrected chi connectivity index (χ1v) is 10.9. The third-order valence-corrected chi connectivity index (χ3v) is 5.54. The highest BCUT2D eigenvalue weighted by Crippen LogP contribution is 2.33. The molecule has 2 aromatic rings. The van der Waals surface area contributed by atoms with Crippen molar-refractivity contribution in [2.75, 3.05) is 44.9 Å². The lowest BCUT2D eigenvalue weighted by Gasteiger charge is -2.34. The van der Waals surface area contributed by atoms with Crippen LogP contribution >= 0.6 is 0 Å². The summed E-state index contributed by atoms with van der Waals surface area (Å²) in [5, 5.41) is 0. The quantitative estimate of drug-likeness (QED) is 0.391. The van der Waals surface area contributed by atoms with Gasteiger partial charge in [0.1, 0.15) is 17.3 Å². The Morgan fingerprint density at radius 2 is 1.84 bits per heavy atom. The van der Waals surface area contributed by atoms with Crippen molar-refractivity contribution in [2.24, 2.45) is 5.92 Å². The molecule has 1 aromatic heterocycles. The number of aromatic nitrogens is 1. The van der Waals surface area contributed by atoms with E-state index in [0.717, 1.165) is 25.7 Å². The number of pyridine rings is 1. The van der Waals surface area contributed by atoms with Crippen molar-refractivity contribution in [3.8, 4) is 17.1 Å². The van der Waals surface area contributed by atoms with Gasteiger partial charge in [-0.25, -0.2) is 13.8 Å². The number of nitrogens with zero attached hydrogens (tertiary/aromatic N) is 2. The van der Waals surface area contributed by atoms with Crippen LogP contribution in [0, 0.1) is 17.6 Å². The third-order valence-electron chi connectivity index (χ3n) is 5.54. The molecule has 0 unspecified atom stereocenters. The van der Waals surface area contributed by atoms with E-state index in [4.69, 9.17) is 14.2 Å². The molecule has 0 amide bonds. The second kappa shape index (κ2) is 11.8. The fraction of sp³-hybridized carbons (Fsp3) is 0.500. The van der Waals surface area contributed by atoms with Gasteiger partial charge in [-0.05, 0) is 43.4 Å². The molecule has 0 radical (unpaired) electrons. The molecule has 1 fully saturated rings. The summed E-state index contributed by atoms with van der Waals surface area (Å²) in [6, 6.07) is 7.80. The van der Waals surface area contributed by atoms with E-state index in [1.165, 1.54) is 19.1 Å². The molecule has 174 valence electrons. The van der Waals surface area contributed by atoms with E-state index < -0.39 is 11.6 Å². The monoisotopic (exact) mass is 448 g/mol. The number of hydrogen-bond donors (Lipinski definition) is 0. The predicted octanol–water partition coefficient (Wildman–Crippen LogP) is 4.61. The number of anilines is 1. The number of benzene rings is 1. The second-order valence-electron chi connectivity index (χ2n) is 7.90. The van der Waals surface area contributed by atoms with Crippen LogP contribution < -0.4 is 9.64 Å². The van der Waals surface area contributed by atoms with Crippen LogP contribution in [0.5, 0.6) is 5.88 Å². The van der Waals surface area contributed by atoms with Gasteiger partial charge in [0, 0.05) is 51.8 Å². The molecule has 1 saturated heterocycles. The molecule has 2 heterocycles. The maximum atomic E-state index is 14.9. The molecular weight excluding hydrogens is 418 g/mol. The second-order valence-corrected chi connectivity index (χ2v) is 7.90. The van der Waals surface area contributed by atoms with E-state index in [1.54, 1.807) is 30.2 Å². The summed E-state index contributed by atoms with van der Waals surface area (Å²) in [5.74, 6) is -0.714. The molecule has 32 heavy (non-hydrogen) atoms. The summed E-state index contributed by atoms with van der Waals surface area (Å²) in [5.41, 5.74) is 0.810. The molecule has 0 aliphatic carbocycles. The van der Waals surface area contributed by atoms with Crippen molar-refractivity contribution in [2.45, 2.75) is 32.6 Å². The van der Waals surface area contributed by atoms with E-state index in [2.05, 4.69) is 4.98 Å². The van der Waals surface area contributed by atoms with Crippen LogP contribution in [0.4, 0.5) is 14.5 Å². The number of methoxy groups -OCH3 is 1. The smallest absolute Gasteiger partial charge is 0.302 e. The highest BCUT2D eigenvalue weighted by atomic mass is 19.1. The zero-order chi connectivity index (χ0) is 22.9. The van der Waals surface area contributed by atoms with E-state index in [-0.39, 0.29) is 11.7 Å². The van der Waals surface area contributed by atoms with Gasteiger partial charge in [-0.2, -0.15) is 0 Å². The van der Waals surface area contributed by atoms with Gasteiger partial charge in [0.15, 0.2) is 0 Å². The van der Waals surface area contributed by atoms with Crippen molar-refractivity contribution in [1.82, 2.24) is 4.98 Å². The van der Waals surface area contributed by atoms with Crippen molar-refractivity contribution in [1.29, 1.82) is 0 Å². The van der Waals surface area contributed by atoms with E-state index in [1.807, 2.05) is 0 Å². The molecule has 1 aromatic carbocycles. The molecular formula is C24H30F2N2O4. The lowest BCUT2D eigenvalue weighted by molar-refractivity contribution is -0.141. The first-order chi connectivity index (χ1) is 15.5. The summed E-state index contributed by atoms with van der Waals surface area (Å²) in [4.78, 5) is 17.0. The summed E-state index contributed by atoms with van der Waals surface area (Å²) in [6.07, 6.45) is 3.09. The summed E-state index contributed by atoms with van der Waals surface area (Å²) in [6.45, 7) is 3.92. The number of halogens is 2. The van der Waals surface area contributed by atoms with Crippen LogP contribution in [0.15, 0.2) is 30.3 Å². The van der Waals surface area contributed by atoms with Crippen LogP contribution in [-0.4, -0.2) is 51.0 Å². The van der Waals surface area contributed by atoms with Crippen LogP contribution in [0.25, 0.3) is 11.3 Å². The van der Waals surface area contributed by atoms with Crippen molar-refractivity contribution >= 4 is 11.7 Å². The minimum atomic E-state index is -0.605. The SMILES string of the molecule is COCCCOc1cccc(-c2cc(F)c(N3CCC(CCOC(C)=O)CC3)c(F)c2)n1. The molecule has 0 N–H and O–H groups in total. The van der Waals surface area contributed by atoms with Crippen LogP contribution in [0.1, 0.15) is 32.6 Å². The molecule has 1 aliphatic rings. The van der Waals surface area contributed by atoms with Gasteiger partial charge in [-0.3, -0.25) is 4.79 Å². The lowest BCUT2D eigenvalue weighted by atomic mass is 9.93. The van der Waals surface area contributed by atoms with Gasteiger partial charge in [0.25, 0.3) is 0 Å². The summed E-state index contributed by atoms with van der Waals surface area (Å²) < 4.78 is 45.5. The van der Waals surface area contributed by atoms with Gasteiger partial charge in [-0.15, -0.1) is 0 Å². The molecule has 0 spiro atoms. The van der Waals surface area contributed by atoms with Crippen molar-refractivity contribution < 1.29 is 27.8 Å². The highest BCUT2D eigenvalue weighted by molar-refractivity contribution is 5.66. The Bertz CT molecular complexity index is 878. The normalized spacial score (nSPS) is 14.4. The third kappa shape index (κ3) is 6.63. The molecule has 3 rings (SSSR count). The summed E-state index contributed by atoms with van der Waals surface area (Å²) in [7, 11) is 1.62. The molecule has 8 heteroatoms. The number of carbonyl (C=O) groups is 1. The molecule has 6 nitrogen and oxygen atoms in total. The fourth-order valence-electron chi connectivity index (χ4n) is 3.87. The van der Waals surface area contributed by atoms with Crippen molar-refractivity contribution in [3.05, 3.63) is 42.0 Å². The zero-order valence-electron chi connectivity index (χ0n) is 18.6. The van der Waals surface area contributed by atoms with Gasteiger partial charge < -0.3 is 19.1 Å². The Kier molecular flexibility index (Phi) is 8.79. The lowest BCUT2D eigenvalue weighted by Crippen LogP contribution is -2.35. The highest BCUT2D eigenvalue weighted by Gasteiger charge is 2.24. The van der Waals surface area contributed by atoms with Crippen LogP contribution in [0.2, 0.25) is 0 Å². The Hall–Kier alpha value is -2.74. The average molecular weight is 449 g/mol. The standard InChI is InChI=1S/C24H30F2N2O4/c1-17(29)31-14-9-18-7-10-28(11-8-18)24-20(25)15-19(16-21(24)26)22-5-3-6-23(27-22)32-13-4-12-30-2/h3,5-6,15-16,18H,4,7-14H2,1-2H3. The predicted molar refractivity (Wildman–Crippen MR) is 118 cm³/mol. The number of rotatable bonds is 10. The average Bonchev–Trinajstić information content (AvgIpc) is 2.77. The number of ether oxygens (including phenoxy) is 3. The summed E-state index contributed by atoms with van der Waals surface area (Å²) >= 11 is 0. The van der Waals surface area contributed by atoms with E-state index in [9.17, 15) is 13.6 Å². The van der Waals surface area contributed by atoms with Gasteiger partial charge in [-0.1, -0.05) is 6.07 Å². The van der Waals surface area contributed by atoms with Crippen molar-refractivity contribution in [3.63, 3.8) is 0 Å². The van der Waals surface area contributed by atoms with Crippen LogP contribution in [0.3, 0.4) is 0 Å². The Balaban J connectivity index is 1.64. The maximum absolute atomic E-state index is 14.9. The largest absolute Gasteiger partial charge is 0.478 e. The minimum Gasteiger partial charge on any atom is -0.478 e.